The first kappa shape index (κ1) is 33.4. The average Bonchev–Trinajstić information content (AvgIpc) is 1.39. The normalized spacial score (nSPS) is 21.4. The van der Waals surface area contributed by atoms with Gasteiger partial charge in [0.05, 0.1) is 16.7 Å². The third-order valence-corrected chi connectivity index (χ3v) is 28.8. The largest absolute Gasteiger partial charge is 0.451 e. The van der Waals surface area contributed by atoms with E-state index in [2.05, 4.69) is 66.7 Å². The molecular weight excluding hydrogens is 1030 g/mol. The van der Waals surface area contributed by atoms with Crippen LogP contribution < -0.4 is 0 Å². The van der Waals surface area contributed by atoms with Gasteiger partial charge in [-0.1, -0.05) is 54.6 Å². The lowest BCUT2D eigenvalue weighted by atomic mass is 9.42. The summed E-state index contributed by atoms with van der Waals surface area (Å²) >= 11 is 0. The fraction of sp³-hybridized carbons (Fsp3) is 0.0488. The smallest absolute Gasteiger partial charge is 0.340 e. The molecule has 360 valence electrons. The molecule has 32 aromatic rings. The minimum Gasteiger partial charge on any atom is -0.451 e. The highest BCUT2D eigenvalue weighted by Gasteiger charge is 2.75. The summed E-state index contributed by atoms with van der Waals surface area (Å²) in [4.78, 5) is 22.7. The highest BCUT2D eigenvalue weighted by molar-refractivity contribution is 6.82. The van der Waals surface area contributed by atoms with E-state index < -0.39 is 16.9 Å². The van der Waals surface area contributed by atoms with E-state index in [4.69, 9.17) is 9.72 Å². The molecule has 0 saturated heterocycles. The topological polar surface area (TPSA) is 39.2 Å². The highest BCUT2D eigenvalue weighted by atomic mass is 16.5. The van der Waals surface area contributed by atoms with Crippen molar-refractivity contribution in [3.8, 4) is 0 Å². The number of ether oxygens (including phenoxy) is 1. The first-order valence-electron chi connectivity index (χ1n) is 31.1. The second-order valence-electron chi connectivity index (χ2n) is 29.7. The Morgan fingerprint density at radius 3 is 0.906 bits per heavy atom. The number of hydrogen-bond acceptors (Lipinski definition) is 3. The fourth-order valence-corrected chi connectivity index (χ4v) is 28.1. The van der Waals surface area contributed by atoms with E-state index in [0.29, 0.717) is 5.56 Å². The molecule has 1 atom stereocenters. The maximum atomic E-state index is 17.0. The predicted molar refractivity (Wildman–Crippen MR) is 351 cm³/mol. The van der Waals surface area contributed by atoms with E-state index in [1.165, 1.54) is 59.8 Å². The van der Waals surface area contributed by atoms with Gasteiger partial charge in [-0.3, -0.25) is 4.98 Å². The lowest BCUT2D eigenvalue weighted by Gasteiger charge is -2.59. The Labute approximate surface area is 465 Å². The quantitative estimate of drug-likeness (QED) is 0.0984. The molecule has 0 amide bonds. The molecule has 1 unspecified atom stereocenters. The lowest BCUT2D eigenvalue weighted by molar-refractivity contribution is -0.00712. The molecule has 85 heavy (non-hydrogen) atoms. The van der Waals surface area contributed by atoms with Gasteiger partial charge in [-0.05, 0) is 359 Å². The van der Waals surface area contributed by atoms with Crippen molar-refractivity contribution in [3.63, 3.8) is 0 Å². The molecule has 5 aliphatic carbocycles. The van der Waals surface area contributed by atoms with Crippen LogP contribution in [0.4, 0.5) is 0 Å². The van der Waals surface area contributed by atoms with Crippen molar-refractivity contribution in [2.45, 2.75) is 23.4 Å². The number of carbonyl (C=O) groups is 1. The summed E-state index contributed by atoms with van der Waals surface area (Å²) in [5.74, 6) is -0.246. The SMILES string of the molecule is O=C(OC1c2ncccc2CC23c4c5c6c7c8c9c(c%10c%11c2c2c4c4c%12c5c5c6c6c8c8c%13c9c9c%10c%10c%11c%11c2c2c4c4c%12c%12c5c5c6c8c6c8c%13c9c9c%10c%10c%11c2c2c4c4c%12c5c6c5c8c9c%10c2c45)C713)c1c2ccccc2cc2ccccc12. The van der Waals surface area contributed by atoms with E-state index in [-0.39, 0.29) is 5.97 Å². The van der Waals surface area contributed by atoms with Gasteiger partial charge in [-0.25, -0.2) is 4.79 Å². The molecule has 2 spiro atoms. The number of pyridine rings is 1. The van der Waals surface area contributed by atoms with Crippen molar-refractivity contribution >= 4 is 318 Å². The summed E-state index contributed by atoms with van der Waals surface area (Å²) in [6, 6.07) is 23.9. The maximum absolute atomic E-state index is 17.0. The second kappa shape index (κ2) is 8.10. The van der Waals surface area contributed by atoms with Crippen LogP contribution in [0, 0.1) is 0 Å². The number of rotatable bonds is 2. The second-order valence-corrected chi connectivity index (χ2v) is 29.7. The molecular formula is C82H15NO2. The third kappa shape index (κ3) is 2.01. The molecule has 37 rings (SSSR count). The molecule has 0 N–H and O–H groups in total. The highest BCUT2D eigenvalue weighted by Crippen LogP contribution is 2.87. The minimum atomic E-state index is -0.865. The standard InChI is InChI=1S/C82H15NO2/c84-80(19-17-9-3-1-6-14(17)12-15-7-2-4-10-18(15)19)85-79-78-16(8-5-11-83-78)13-81-74-66-58-48-38-30-22-20-21-24-28-26(22)34-42-36(28)46-40-32(24)33-25(21)29-27-23(20)31(30)39-45-35(27)43-37(29)47-41(33)51-50(40)62-56(46)64-54(42)60(52(58)44(34)38)68(74)70(64)76-72(62)73-63(51)57(47)65-55(43)61-53(45)59(49(39)48)67(66)75(81)69(61)71(65)77(73)82(76,79)81/h1-12,79H,13H2. The zero-order valence-corrected chi connectivity index (χ0v) is 43.5. The lowest BCUT2D eigenvalue weighted by Crippen LogP contribution is -2.60. The van der Waals surface area contributed by atoms with E-state index in [1.54, 1.807) is 259 Å². The Hall–Kier alpha value is -10.7. The number of nitrogens with zero attached hydrogens (tertiary/aromatic N) is 1. The first-order valence-corrected chi connectivity index (χ1v) is 31.1. The molecule has 31 aromatic carbocycles. The summed E-state index contributed by atoms with van der Waals surface area (Å²) in [6.07, 6.45) is 2.07. The monoisotopic (exact) mass is 1050 g/mol. The zero-order valence-electron chi connectivity index (χ0n) is 43.5. The van der Waals surface area contributed by atoms with Gasteiger partial charge < -0.3 is 4.74 Å². The van der Waals surface area contributed by atoms with E-state index in [1.807, 2.05) is 6.20 Å². The van der Waals surface area contributed by atoms with Crippen molar-refractivity contribution < 1.29 is 9.53 Å². The third-order valence-electron chi connectivity index (χ3n) is 28.8. The van der Waals surface area contributed by atoms with Crippen LogP contribution in [0.3, 0.4) is 0 Å². The molecule has 0 bridgehead atoms. The van der Waals surface area contributed by atoms with Crippen molar-refractivity contribution in [2.75, 3.05) is 0 Å². The Morgan fingerprint density at radius 1 is 0.329 bits per heavy atom. The van der Waals surface area contributed by atoms with Crippen LogP contribution in [-0.4, -0.2) is 11.0 Å². The number of hydrogen-bond donors (Lipinski definition) is 0. The van der Waals surface area contributed by atoms with Crippen molar-refractivity contribution in [1.82, 2.24) is 4.98 Å². The zero-order chi connectivity index (χ0) is 51.3. The number of fused-ring (bicyclic) bond motifs is 3. The first-order chi connectivity index (χ1) is 42.3. The van der Waals surface area contributed by atoms with E-state index in [9.17, 15) is 0 Å². The van der Waals surface area contributed by atoms with Gasteiger partial charge in [0.25, 0.3) is 0 Å². The van der Waals surface area contributed by atoms with Gasteiger partial charge in [-0.2, -0.15) is 0 Å². The number of aromatic nitrogens is 1. The van der Waals surface area contributed by atoms with Gasteiger partial charge in [0.1, 0.15) is 0 Å². The van der Waals surface area contributed by atoms with Crippen LogP contribution in [0.25, 0.3) is 312 Å². The van der Waals surface area contributed by atoms with Crippen LogP contribution >= 0.6 is 0 Å². The summed E-state index contributed by atoms with van der Waals surface area (Å²) < 4.78 is 8.23. The Balaban J connectivity index is 0.962. The van der Waals surface area contributed by atoms with Gasteiger partial charge in [0.15, 0.2) is 6.10 Å². The molecule has 0 radical (unpaired) electrons. The molecule has 3 heteroatoms. The van der Waals surface area contributed by atoms with Gasteiger partial charge in [0, 0.05) is 11.6 Å². The van der Waals surface area contributed by atoms with Crippen molar-refractivity contribution in [1.29, 1.82) is 0 Å². The van der Waals surface area contributed by atoms with Crippen molar-refractivity contribution in [2.24, 2.45) is 0 Å². The number of benzene rings is 21. The fourth-order valence-electron chi connectivity index (χ4n) is 28.1. The number of carbonyl (C=O) groups excluding carboxylic acids is 1. The Kier molecular flexibility index (Phi) is 3.18. The van der Waals surface area contributed by atoms with Crippen LogP contribution in [0.15, 0.2) is 72.9 Å². The molecule has 1 aromatic heterocycles. The van der Waals surface area contributed by atoms with Gasteiger partial charge in [0.2, 0.25) is 0 Å². The van der Waals surface area contributed by atoms with Crippen LogP contribution in [-0.2, 0) is 22.0 Å². The van der Waals surface area contributed by atoms with Crippen LogP contribution in [0.1, 0.15) is 50.0 Å². The van der Waals surface area contributed by atoms with Crippen LogP contribution in [0.2, 0.25) is 0 Å². The summed E-state index contributed by atoms with van der Waals surface area (Å²) in [5, 5.41) is 88.7. The molecule has 5 aliphatic rings. The van der Waals surface area contributed by atoms with Gasteiger partial charge in [-0.15, -0.1) is 0 Å². The number of esters is 1. The molecule has 0 aliphatic heterocycles. The van der Waals surface area contributed by atoms with Crippen molar-refractivity contribution in [3.05, 3.63) is 112 Å². The summed E-state index contributed by atoms with van der Waals surface area (Å²) in [7, 11) is 0. The maximum Gasteiger partial charge on any atom is 0.340 e. The summed E-state index contributed by atoms with van der Waals surface area (Å²) in [5.41, 5.74) is 7.46. The van der Waals surface area contributed by atoms with E-state index in [0.717, 1.165) is 33.7 Å². The van der Waals surface area contributed by atoms with E-state index >= 15 is 4.79 Å². The minimum absolute atomic E-state index is 0.246. The molecule has 3 nitrogen and oxygen atoms in total. The summed E-state index contributed by atoms with van der Waals surface area (Å²) in [6.45, 7) is 0. The predicted octanol–water partition coefficient (Wildman–Crippen LogP) is 21.1. The molecule has 0 fully saturated rings. The van der Waals surface area contributed by atoms with Gasteiger partial charge >= 0.3 is 5.97 Å². The Bertz CT molecular complexity index is 8450. The van der Waals surface area contributed by atoms with Crippen LogP contribution in [0.5, 0.6) is 0 Å². The molecule has 0 saturated carbocycles. The molecule has 1 heterocycles. The average molecular weight is 1050 g/mol. The Morgan fingerprint density at radius 2 is 0.600 bits per heavy atom.